The van der Waals surface area contributed by atoms with Crippen LogP contribution in [0.4, 0.5) is 5.82 Å². The van der Waals surface area contributed by atoms with Gasteiger partial charge in [0.05, 0.1) is 0 Å². The molecule has 0 spiro atoms. The van der Waals surface area contributed by atoms with Crippen LogP contribution in [0.2, 0.25) is 5.15 Å². The molecule has 4 nitrogen and oxygen atoms in total. The molecule has 1 saturated heterocycles. The lowest BCUT2D eigenvalue weighted by atomic mass is 10.4. The minimum Gasteiger partial charge on any atom is -0.367 e. The first-order valence-electron chi connectivity index (χ1n) is 5.79. The van der Waals surface area contributed by atoms with Gasteiger partial charge in [0.15, 0.2) is 11.0 Å². The van der Waals surface area contributed by atoms with Crippen LogP contribution in [-0.2, 0) is 0 Å². The van der Waals surface area contributed by atoms with E-state index in [0.29, 0.717) is 11.0 Å². The summed E-state index contributed by atoms with van der Waals surface area (Å²) in [4.78, 5) is 10.6. The van der Waals surface area contributed by atoms with Crippen LogP contribution >= 0.6 is 11.6 Å². The molecule has 0 saturated carbocycles. The summed E-state index contributed by atoms with van der Waals surface area (Å²) in [5.74, 6) is 0.686. The largest absolute Gasteiger partial charge is 0.367 e. The van der Waals surface area contributed by atoms with Gasteiger partial charge in [-0.1, -0.05) is 11.6 Å². The summed E-state index contributed by atoms with van der Waals surface area (Å²) in [5, 5.41) is 3.65. The zero-order chi connectivity index (χ0) is 11.2. The van der Waals surface area contributed by atoms with Crippen molar-refractivity contribution in [2.24, 2.45) is 0 Å². The van der Waals surface area contributed by atoms with Crippen LogP contribution in [-0.4, -0.2) is 41.0 Å². The molecule has 0 radical (unpaired) electrons. The van der Waals surface area contributed by atoms with E-state index in [1.165, 1.54) is 25.9 Å². The van der Waals surface area contributed by atoms with E-state index in [0.717, 1.165) is 19.5 Å². The van der Waals surface area contributed by atoms with E-state index in [1.54, 1.807) is 12.4 Å². The summed E-state index contributed by atoms with van der Waals surface area (Å²) >= 11 is 5.88. The minimum atomic E-state index is 0.448. The fourth-order valence-corrected chi connectivity index (χ4v) is 2.13. The van der Waals surface area contributed by atoms with Gasteiger partial charge in [0.1, 0.15) is 0 Å². The number of hydrogen-bond acceptors (Lipinski definition) is 4. The van der Waals surface area contributed by atoms with Crippen molar-refractivity contribution >= 4 is 17.4 Å². The summed E-state index contributed by atoms with van der Waals surface area (Å²) in [7, 11) is 0. The maximum Gasteiger partial charge on any atom is 0.171 e. The second-order valence-electron chi connectivity index (χ2n) is 4.02. The number of nitrogens with one attached hydrogen (secondary N) is 1. The van der Waals surface area contributed by atoms with Gasteiger partial charge >= 0.3 is 0 Å². The lowest BCUT2D eigenvalue weighted by molar-refractivity contribution is 0.337. The Morgan fingerprint density at radius 3 is 2.75 bits per heavy atom. The quantitative estimate of drug-likeness (QED) is 0.800. The molecule has 1 N–H and O–H groups in total. The molecule has 0 aromatic carbocycles. The molecule has 1 aromatic heterocycles. The lowest BCUT2D eigenvalue weighted by Gasteiger charge is -2.14. The van der Waals surface area contributed by atoms with E-state index in [2.05, 4.69) is 20.2 Å². The summed E-state index contributed by atoms with van der Waals surface area (Å²) in [6.07, 6.45) is 7.06. The molecular formula is C11H17ClN4. The van der Waals surface area contributed by atoms with Gasteiger partial charge in [-0.3, -0.25) is 0 Å². The van der Waals surface area contributed by atoms with E-state index in [-0.39, 0.29) is 0 Å². The molecule has 0 amide bonds. The first kappa shape index (κ1) is 11.6. The summed E-state index contributed by atoms with van der Waals surface area (Å²) in [6.45, 7) is 4.57. The van der Waals surface area contributed by atoms with Gasteiger partial charge in [-0.2, -0.15) is 0 Å². The first-order valence-corrected chi connectivity index (χ1v) is 6.17. The lowest BCUT2D eigenvalue weighted by Crippen LogP contribution is -2.22. The molecule has 0 atom stereocenters. The fourth-order valence-electron chi connectivity index (χ4n) is 1.96. The van der Waals surface area contributed by atoms with Crippen LogP contribution in [0.3, 0.4) is 0 Å². The Labute approximate surface area is 101 Å². The maximum atomic E-state index is 5.88. The van der Waals surface area contributed by atoms with Crippen molar-refractivity contribution in [3.8, 4) is 0 Å². The van der Waals surface area contributed by atoms with Crippen molar-refractivity contribution in [2.45, 2.75) is 19.3 Å². The Morgan fingerprint density at radius 2 is 2.00 bits per heavy atom. The summed E-state index contributed by atoms with van der Waals surface area (Å²) in [6, 6.07) is 0. The van der Waals surface area contributed by atoms with Crippen molar-refractivity contribution in [1.29, 1.82) is 0 Å². The highest BCUT2D eigenvalue weighted by Gasteiger charge is 2.10. The van der Waals surface area contributed by atoms with E-state index < -0.39 is 0 Å². The van der Waals surface area contributed by atoms with Crippen LogP contribution < -0.4 is 5.32 Å². The Hall–Kier alpha value is -0.870. The Morgan fingerprint density at radius 1 is 1.25 bits per heavy atom. The monoisotopic (exact) mass is 240 g/mol. The maximum absolute atomic E-state index is 5.88. The molecule has 1 aliphatic rings. The second kappa shape index (κ2) is 6.01. The SMILES string of the molecule is Clc1nccnc1NCCCN1CCCC1. The Kier molecular flexibility index (Phi) is 4.36. The third kappa shape index (κ3) is 3.32. The number of halogens is 1. The average molecular weight is 241 g/mol. The molecule has 0 bridgehead atoms. The van der Waals surface area contributed by atoms with Crippen LogP contribution in [0.25, 0.3) is 0 Å². The van der Waals surface area contributed by atoms with Crippen molar-refractivity contribution < 1.29 is 0 Å². The third-order valence-electron chi connectivity index (χ3n) is 2.80. The van der Waals surface area contributed by atoms with Crippen molar-refractivity contribution in [3.63, 3.8) is 0 Å². The number of hydrogen-bond donors (Lipinski definition) is 1. The zero-order valence-electron chi connectivity index (χ0n) is 9.32. The zero-order valence-corrected chi connectivity index (χ0v) is 10.1. The molecule has 1 fully saturated rings. The van der Waals surface area contributed by atoms with Crippen molar-refractivity contribution in [2.75, 3.05) is 31.5 Å². The van der Waals surface area contributed by atoms with Crippen molar-refractivity contribution in [1.82, 2.24) is 14.9 Å². The molecular weight excluding hydrogens is 224 g/mol. The highest BCUT2D eigenvalue weighted by molar-refractivity contribution is 6.31. The van der Waals surface area contributed by atoms with Crippen LogP contribution in [0.1, 0.15) is 19.3 Å². The highest BCUT2D eigenvalue weighted by atomic mass is 35.5. The predicted molar refractivity (Wildman–Crippen MR) is 65.8 cm³/mol. The van der Waals surface area contributed by atoms with Gasteiger partial charge in [0, 0.05) is 18.9 Å². The molecule has 88 valence electrons. The summed E-state index contributed by atoms with van der Waals surface area (Å²) in [5.41, 5.74) is 0. The first-order chi connectivity index (χ1) is 7.86. The predicted octanol–water partition coefficient (Wildman–Crippen LogP) is 2.03. The molecule has 5 heteroatoms. The van der Waals surface area contributed by atoms with E-state index in [9.17, 15) is 0 Å². The molecule has 2 rings (SSSR count). The normalized spacial score (nSPS) is 16.6. The van der Waals surface area contributed by atoms with Gasteiger partial charge < -0.3 is 10.2 Å². The van der Waals surface area contributed by atoms with Gasteiger partial charge in [0.25, 0.3) is 0 Å². The topological polar surface area (TPSA) is 41.1 Å². The van der Waals surface area contributed by atoms with Gasteiger partial charge in [0.2, 0.25) is 0 Å². The van der Waals surface area contributed by atoms with Crippen LogP contribution in [0.5, 0.6) is 0 Å². The average Bonchev–Trinajstić information content (AvgIpc) is 2.79. The Balaban J connectivity index is 1.66. The standard InChI is InChI=1S/C11H17ClN4/c12-10-11(15-6-5-13-10)14-4-3-9-16-7-1-2-8-16/h5-6H,1-4,7-9H2,(H,14,15). The Bertz CT molecular complexity index is 326. The minimum absolute atomic E-state index is 0.448. The van der Waals surface area contributed by atoms with E-state index in [1.807, 2.05) is 0 Å². The van der Waals surface area contributed by atoms with Gasteiger partial charge in [-0.15, -0.1) is 0 Å². The molecule has 0 unspecified atom stereocenters. The molecule has 0 aliphatic carbocycles. The van der Waals surface area contributed by atoms with Gasteiger partial charge in [-0.25, -0.2) is 9.97 Å². The molecule has 1 aliphatic heterocycles. The molecule has 2 heterocycles. The second-order valence-corrected chi connectivity index (χ2v) is 4.38. The number of anilines is 1. The number of nitrogens with zero attached hydrogens (tertiary/aromatic N) is 3. The highest BCUT2D eigenvalue weighted by Crippen LogP contribution is 2.14. The molecule has 16 heavy (non-hydrogen) atoms. The van der Waals surface area contributed by atoms with Gasteiger partial charge in [-0.05, 0) is 38.9 Å². The van der Waals surface area contributed by atoms with E-state index in [4.69, 9.17) is 11.6 Å². The number of rotatable bonds is 5. The smallest absolute Gasteiger partial charge is 0.171 e. The van der Waals surface area contributed by atoms with E-state index >= 15 is 0 Å². The number of aromatic nitrogens is 2. The third-order valence-corrected chi connectivity index (χ3v) is 3.07. The number of likely N-dealkylation sites (tertiary alicyclic amines) is 1. The van der Waals surface area contributed by atoms with Crippen LogP contribution in [0, 0.1) is 0 Å². The van der Waals surface area contributed by atoms with Crippen LogP contribution in [0.15, 0.2) is 12.4 Å². The molecule has 1 aromatic rings. The fraction of sp³-hybridized carbons (Fsp3) is 0.636. The van der Waals surface area contributed by atoms with Crippen molar-refractivity contribution in [3.05, 3.63) is 17.5 Å². The summed E-state index contributed by atoms with van der Waals surface area (Å²) < 4.78 is 0.